The van der Waals surface area contributed by atoms with Crippen molar-refractivity contribution in [2.45, 2.75) is 26.7 Å². The molecule has 1 aromatic rings. The lowest BCUT2D eigenvalue weighted by atomic mass is 9.91. The molecule has 1 aromatic carbocycles. The average molecular weight is 202 g/mol. The molecule has 0 amide bonds. The molecule has 15 heavy (non-hydrogen) atoms. The molecule has 0 aliphatic heterocycles. The fourth-order valence-electron chi connectivity index (χ4n) is 1.48. The van der Waals surface area contributed by atoms with Crippen molar-refractivity contribution in [2.24, 2.45) is 0 Å². The molecule has 2 radical (unpaired) electrons. The van der Waals surface area contributed by atoms with E-state index < -0.39 is 0 Å². The predicted octanol–water partition coefficient (Wildman–Crippen LogP) is 1.61. The summed E-state index contributed by atoms with van der Waals surface area (Å²) in [4.78, 5) is 11.6. The zero-order chi connectivity index (χ0) is 11.3. The third-order valence-corrected chi connectivity index (χ3v) is 2.15. The minimum atomic E-state index is -0.284. The maximum absolute atomic E-state index is 11.6. The van der Waals surface area contributed by atoms with Crippen LogP contribution in [0.3, 0.4) is 0 Å². The SMILES string of the molecule is [B]c1ccc(CCC)c(C(=O)OCC)c1. The van der Waals surface area contributed by atoms with Gasteiger partial charge in [0.2, 0.25) is 0 Å². The Kier molecular flexibility index (Phi) is 4.41. The third-order valence-electron chi connectivity index (χ3n) is 2.15. The van der Waals surface area contributed by atoms with E-state index in [0.717, 1.165) is 18.4 Å². The fourth-order valence-corrected chi connectivity index (χ4v) is 1.48. The number of rotatable bonds is 4. The first-order valence-electron chi connectivity index (χ1n) is 5.24. The molecule has 0 aliphatic carbocycles. The minimum Gasteiger partial charge on any atom is -0.462 e. The van der Waals surface area contributed by atoms with E-state index in [9.17, 15) is 4.79 Å². The lowest BCUT2D eigenvalue weighted by molar-refractivity contribution is 0.0525. The summed E-state index contributed by atoms with van der Waals surface area (Å²) < 4.78 is 4.98. The van der Waals surface area contributed by atoms with Crippen LogP contribution in [0.25, 0.3) is 0 Å². The van der Waals surface area contributed by atoms with Gasteiger partial charge in [-0.25, -0.2) is 4.79 Å². The molecule has 0 N–H and O–H groups in total. The smallest absolute Gasteiger partial charge is 0.338 e. The van der Waals surface area contributed by atoms with Crippen LogP contribution in [0.2, 0.25) is 0 Å². The van der Waals surface area contributed by atoms with E-state index in [1.807, 2.05) is 12.1 Å². The summed E-state index contributed by atoms with van der Waals surface area (Å²) in [6, 6.07) is 5.39. The normalized spacial score (nSPS) is 10.0. The molecule has 0 atom stereocenters. The van der Waals surface area contributed by atoms with Gasteiger partial charge in [-0.2, -0.15) is 0 Å². The molecule has 1 rings (SSSR count). The Morgan fingerprint density at radius 1 is 1.40 bits per heavy atom. The van der Waals surface area contributed by atoms with Gasteiger partial charge in [-0.05, 0) is 18.9 Å². The number of benzene rings is 1. The highest BCUT2D eigenvalue weighted by Gasteiger charge is 2.11. The Labute approximate surface area is 92.0 Å². The molecule has 0 aliphatic rings. The number of hydrogen-bond acceptors (Lipinski definition) is 2. The summed E-state index contributed by atoms with van der Waals surface area (Å²) in [5.74, 6) is -0.284. The zero-order valence-corrected chi connectivity index (χ0v) is 9.25. The van der Waals surface area contributed by atoms with E-state index in [1.54, 1.807) is 13.0 Å². The molecule has 0 fully saturated rings. The van der Waals surface area contributed by atoms with Crippen LogP contribution in [-0.2, 0) is 11.2 Å². The first-order valence-corrected chi connectivity index (χ1v) is 5.24. The van der Waals surface area contributed by atoms with Crippen molar-refractivity contribution in [1.82, 2.24) is 0 Å². The van der Waals surface area contributed by atoms with Gasteiger partial charge in [-0.15, -0.1) is 0 Å². The van der Waals surface area contributed by atoms with Crippen LogP contribution in [0.4, 0.5) is 0 Å². The second-order valence-corrected chi connectivity index (χ2v) is 3.39. The summed E-state index contributed by atoms with van der Waals surface area (Å²) >= 11 is 0. The van der Waals surface area contributed by atoms with Gasteiger partial charge in [0.15, 0.2) is 0 Å². The molecule has 0 bridgehead atoms. The van der Waals surface area contributed by atoms with Crippen LogP contribution in [-0.4, -0.2) is 20.4 Å². The molecule has 0 heterocycles. The zero-order valence-electron chi connectivity index (χ0n) is 9.25. The van der Waals surface area contributed by atoms with Crippen molar-refractivity contribution >= 4 is 19.3 Å². The van der Waals surface area contributed by atoms with Crippen molar-refractivity contribution in [1.29, 1.82) is 0 Å². The lowest BCUT2D eigenvalue weighted by Gasteiger charge is -2.09. The highest BCUT2D eigenvalue weighted by atomic mass is 16.5. The number of carbonyl (C=O) groups excluding carboxylic acids is 1. The van der Waals surface area contributed by atoms with Gasteiger partial charge in [-0.1, -0.05) is 37.0 Å². The van der Waals surface area contributed by atoms with Crippen LogP contribution >= 0.6 is 0 Å². The van der Waals surface area contributed by atoms with E-state index in [1.165, 1.54) is 0 Å². The summed E-state index contributed by atoms with van der Waals surface area (Å²) in [6.07, 6.45) is 1.87. The van der Waals surface area contributed by atoms with Crippen LogP contribution in [0, 0.1) is 0 Å². The Hall–Kier alpha value is -1.25. The molecular weight excluding hydrogens is 187 g/mol. The topological polar surface area (TPSA) is 26.3 Å². The van der Waals surface area contributed by atoms with Crippen LogP contribution in [0.1, 0.15) is 36.2 Å². The molecule has 0 unspecified atom stereocenters. The minimum absolute atomic E-state index is 0.284. The summed E-state index contributed by atoms with van der Waals surface area (Å²) in [5, 5.41) is 0. The van der Waals surface area contributed by atoms with Crippen LogP contribution < -0.4 is 5.46 Å². The molecule has 78 valence electrons. The molecule has 0 aromatic heterocycles. The van der Waals surface area contributed by atoms with Gasteiger partial charge >= 0.3 is 5.97 Å². The van der Waals surface area contributed by atoms with Crippen molar-refractivity contribution in [3.63, 3.8) is 0 Å². The number of esters is 1. The van der Waals surface area contributed by atoms with Crippen LogP contribution in [0.15, 0.2) is 18.2 Å². The number of carbonyl (C=O) groups is 1. The standard InChI is InChI=1S/C12H15BO2/c1-3-5-9-6-7-10(13)8-11(9)12(14)15-4-2/h6-8H,3-5H2,1-2H3. The van der Waals surface area contributed by atoms with Gasteiger partial charge in [-0.3, -0.25) is 0 Å². The summed E-state index contributed by atoms with van der Waals surface area (Å²) in [7, 11) is 5.65. The third kappa shape index (κ3) is 3.12. The monoisotopic (exact) mass is 202 g/mol. The van der Waals surface area contributed by atoms with Gasteiger partial charge < -0.3 is 4.74 Å². The Balaban J connectivity index is 3.00. The highest BCUT2D eigenvalue weighted by molar-refractivity contribution is 6.32. The highest BCUT2D eigenvalue weighted by Crippen LogP contribution is 2.11. The van der Waals surface area contributed by atoms with Crippen LogP contribution in [0.5, 0.6) is 0 Å². The molecule has 2 nitrogen and oxygen atoms in total. The average Bonchev–Trinajstić information content (AvgIpc) is 2.21. The second-order valence-electron chi connectivity index (χ2n) is 3.39. The predicted molar refractivity (Wildman–Crippen MR) is 61.8 cm³/mol. The van der Waals surface area contributed by atoms with E-state index in [-0.39, 0.29) is 5.97 Å². The van der Waals surface area contributed by atoms with Crippen molar-refractivity contribution in [2.75, 3.05) is 6.61 Å². The van der Waals surface area contributed by atoms with Gasteiger partial charge in [0.05, 0.1) is 12.2 Å². The van der Waals surface area contributed by atoms with Gasteiger partial charge in [0, 0.05) is 0 Å². The maximum atomic E-state index is 11.6. The first-order chi connectivity index (χ1) is 7.19. The van der Waals surface area contributed by atoms with E-state index in [0.29, 0.717) is 17.6 Å². The molecule has 0 spiro atoms. The molecule has 0 saturated heterocycles. The number of hydrogen-bond donors (Lipinski definition) is 0. The first kappa shape index (κ1) is 11.8. The summed E-state index contributed by atoms with van der Waals surface area (Å²) in [5.41, 5.74) is 2.20. The van der Waals surface area contributed by atoms with Crippen molar-refractivity contribution in [3.8, 4) is 0 Å². The van der Waals surface area contributed by atoms with E-state index >= 15 is 0 Å². The quantitative estimate of drug-likeness (QED) is 0.547. The number of aryl methyl sites for hydroxylation is 1. The van der Waals surface area contributed by atoms with E-state index in [4.69, 9.17) is 12.6 Å². The van der Waals surface area contributed by atoms with Crippen molar-refractivity contribution in [3.05, 3.63) is 29.3 Å². The largest absolute Gasteiger partial charge is 0.462 e. The molecule has 0 saturated carbocycles. The lowest BCUT2D eigenvalue weighted by Crippen LogP contribution is -2.13. The Morgan fingerprint density at radius 2 is 2.13 bits per heavy atom. The molecular formula is C12H15BO2. The van der Waals surface area contributed by atoms with Crippen molar-refractivity contribution < 1.29 is 9.53 Å². The van der Waals surface area contributed by atoms with Gasteiger partial charge in [0.25, 0.3) is 0 Å². The molecule has 3 heteroatoms. The summed E-state index contributed by atoms with van der Waals surface area (Å²) in [6.45, 7) is 4.26. The Bertz CT molecular complexity index is 347. The number of ether oxygens (including phenoxy) is 1. The maximum Gasteiger partial charge on any atom is 0.338 e. The van der Waals surface area contributed by atoms with E-state index in [2.05, 4.69) is 6.92 Å². The van der Waals surface area contributed by atoms with Gasteiger partial charge in [0.1, 0.15) is 7.85 Å². The Morgan fingerprint density at radius 3 is 2.73 bits per heavy atom. The fraction of sp³-hybridized carbons (Fsp3) is 0.417. The second kappa shape index (κ2) is 5.59.